The van der Waals surface area contributed by atoms with Gasteiger partial charge in [-0.1, -0.05) is 6.07 Å². The number of piperazine rings is 1. The SMILES string of the molecule is CCS(=O)(=O)Nc1ccc(C(=O)N2CCN(C(C)c3cccnc3)CC2)cc1.[HH]. The zero-order chi connectivity index (χ0) is 20.1. The van der Waals surface area contributed by atoms with Crippen LogP contribution in [-0.4, -0.2) is 61.0 Å². The van der Waals surface area contributed by atoms with Gasteiger partial charge in [0.15, 0.2) is 0 Å². The molecule has 0 aliphatic carbocycles. The molecule has 0 spiro atoms. The number of amides is 1. The number of nitrogens with one attached hydrogen (secondary N) is 1. The van der Waals surface area contributed by atoms with Crippen molar-refractivity contribution in [2.75, 3.05) is 36.7 Å². The van der Waals surface area contributed by atoms with E-state index in [1.165, 1.54) is 5.56 Å². The van der Waals surface area contributed by atoms with Crippen LogP contribution in [0, 0.1) is 0 Å². The third-order valence-electron chi connectivity index (χ3n) is 5.10. The molecule has 28 heavy (non-hydrogen) atoms. The fraction of sp³-hybridized carbons (Fsp3) is 0.400. The van der Waals surface area contributed by atoms with Crippen LogP contribution in [0.25, 0.3) is 0 Å². The summed E-state index contributed by atoms with van der Waals surface area (Å²) in [6.45, 7) is 6.66. The predicted octanol–water partition coefficient (Wildman–Crippen LogP) is 2.61. The molecule has 0 bridgehead atoms. The normalized spacial score (nSPS) is 16.6. The summed E-state index contributed by atoms with van der Waals surface area (Å²) in [5.74, 6) is -0.0197. The molecule has 1 aromatic heterocycles. The molecule has 7 nitrogen and oxygen atoms in total. The molecule has 8 heteroatoms. The lowest BCUT2D eigenvalue weighted by Gasteiger charge is -2.38. The van der Waals surface area contributed by atoms with Gasteiger partial charge in [-0.15, -0.1) is 0 Å². The fourth-order valence-electron chi connectivity index (χ4n) is 3.26. The number of anilines is 1. The molecular formula is C20H28N4O3S. The first-order valence-electron chi connectivity index (χ1n) is 9.43. The molecule has 1 aliphatic heterocycles. The van der Waals surface area contributed by atoms with Gasteiger partial charge in [0.1, 0.15) is 0 Å². The van der Waals surface area contributed by atoms with Crippen LogP contribution >= 0.6 is 0 Å². The molecule has 1 unspecified atom stereocenters. The second-order valence-electron chi connectivity index (χ2n) is 6.87. The number of carbonyl (C=O) groups excluding carboxylic acids is 1. The zero-order valence-electron chi connectivity index (χ0n) is 16.2. The number of sulfonamides is 1. The van der Waals surface area contributed by atoms with Crippen LogP contribution in [0.3, 0.4) is 0 Å². The lowest BCUT2D eigenvalue weighted by molar-refractivity contribution is 0.0582. The summed E-state index contributed by atoms with van der Waals surface area (Å²) in [6, 6.07) is 10.9. The Morgan fingerprint density at radius 3 is 2.43 bits per heavy atom. The van der Waals surface area contributed by atoms with Crippen molar-refractivity contribution in [3.8, 4) is 0 Å². The minimum Gasteiger partial charge on any atom is -0.336 e. The van der Waals surface area contributed by atoms with E-state index in [9.17, 15) is 13.2 Å². The molecule has 1 N–H and O–H groups in total. The molecule has 1 aliphatic rings. The summed E-state index contributed by atoms with van der Waals surface area (Å²) in [4.78, 5) is 21.1. The predicted molar refractivity (Wildman–Crippen MR) is 112 cm³/mol. The maximum Gasteiger partial charge on any atom is 0.253 e. The molecule has 1 aromatic carbocycles. The number of aromatic nitrogens is 1. The molecule has 1 atom stereocenters. The Bertz CT molecular complexity index is 899. The molecule has 1 amide bonds. The first-order chi connectivity index (χ1) is 13.4. The van der Waals surface area contributed by atoms with Crippen LogP contribution in [0.4, 0.5) is 5.69 Å². The molecule has 1 fully saturated rings. The number of rotatable bonds is 6. The van der Waals surface area contributed by atoms with E-state index < -0.39 is 10.0 Å². The van der Waals surface area contributed by atoms with Crippen molar-refractivity contribution >= 4 is 21.6 Å². The van der Waals surface area contributed by atoms with E-state index in [2.05, 4.69) is 27.6 Å². The molecule has 3 rings (SSSR count). The van der Waals surface area contributed by atoms with Crippen LogP contribution in [0.2, 0.25) is 0 Å². The van der Waals surface area contributed by atoms with E-state index in [0.717, 1.165) is 13.1 Å². The monoisotopic (exact) mass is 404 g/mol. The Hall–Kier alpha value is -2.45. The van der Waals surface area contributed by atoms with Crippen molar-refractivity contribution in [1.82, 2.24) is 14.8 Å². The van der Waals surface area contributed by atoms with E-state index in [1.54, 1.807) is 37.4 Å². The Morgan fingerprint density at radius 2 is 1.86 bits per heavy atom. The van der Waals surface area contributed by atoms with E-state index in [-0.39, 0.29) is 19.1 Å². The van der Waals surface area contributed by atoms with E-state index >= 15 is 0 Å². The lowest BCUT2D eigenvalue weighted by Crippen LogP contribution is -2.49. The Morgan fingerprint density at radius 1 is 1.18 bits per heavy atom. The second-order valence-corrected chi connectivity index (χ2v) is 8.88. The van der Waals surface area contributed by atoms with Crippen molar-refractivity contribution in [3.63, 3.8) is 0 Å². The number of hydrogen-bond acceptors (Lipinski definition) is 5. The van der Waals surface area contributed by atoms with Crippen LogP contribution < -0.4 is 4.72 Å². The van der Waals surface area contributed by atoms with Crippen LogP contribution in [0.5, 0.6) is 0 Å². The third kappa shape index (κ3) is 4.88. The smallest absolute Gasteiger partial charge is 0.253 e. The molecule has 1 saturated heterocycles. The van der Waals surface area contributed by atoms with Gasteiger partial charge < -0.3 is 4.90 Å². The third-order valence-corrected chi connectivity index (χ3v) is 6.41. The highest BCUT2D eigenvalue weighted by Gasteiger charge is 2.25. The Kier molecular flexibility index (Phi) is 6.31. The van der Waals surface area contributed by atoms with Gasteiger partial charge in [-0.05, 0) is 49.7 Å². The highest BCUT2D eigenvalue weighted by atomic mass is 32.2. The summed E-state index contributed by atoms with van der Waals surface area (Å²) < 4.78 is 25.7. The number of benzene rings is 1. The average molecular weight is 405 g/mol. The molecule has 152 valence electrons. The second kappa shape index (κ2) is 8.70. The van der Waals surface area contributed by atoms with Crippen molar-refractivity contribution < 1.29 is 14.6 Å². The van der Waals surface area contributed by atoms with Crippen LogP contribution in [0.1, 0.15) is 37.2 Å². The van der Waals surface area contributed by atoms with Crippen LogP contribution in [0.15, 0.2) is 48.8 Å². The summed E-state index contributed by atoms with van der Waals surface area (Å²) in [5.41, 5.74) is 2.20. The fourth-order valence-corrected chi connectivity index (χ4v) is 3.90. The average Bonchev–Trinajstić information content (AvgIpc) is 2.74. The molecule has 0 radical (unpaired) electrons. The topological polar surface area (TPSA) is 82.6 Å². The minimum atomic E-state index is -3.32. The van der Waals surface area contributed by atoms with E-state index in [1.807, 2.05) is 17.2 Å². The molecule has 0 saturated carbocycles. The number of pyridine rings is 1. The Labute approximate surface area is 167 Å². The van der Waals surface area contributed by atoms with Gasteiger partial charge >= 0.3 is 0 Å². The lowest BCUT2D eigenvalue weighted by atomic mass is 10.1. The van der Waals surface area contributed by atoms with E-state index in [4.69, 9.17) is 0 Å². The number of hydrogen-bond donors (Lipinski definition) is 1. The first-order valence-corrected chi connectivity index (χ1v) is 11.1. The minimum absolute atomic E-state index is 0. The quantitative estimate of drug-likeness (QED) is 0.800. The summed E-state index contributed by atoms with van der Waals surface area (Å²) in [7, 11) is -3.32. The van der Waals surface area contributed by atoms with Crippen molar-refractivity contribution in [3.05, 3.63) is 59.9 Å². The van der Waals surface area contributed by atoms with Gasteiger partial charge in [-0.25, -0.2) is 8.42 Å². The van der Waals surface area contributed by atoms with Gasteiger partial charge in [0.05, 0.1) is 5.75 Å². The first kappa shape index (κ1) is 20.3. The maximum absolute atomic E-state index is 12.8. The maximum atomic E-state index is 12.8. The highest BCUT2D eigenvalue weighted by molar-refractivity contribution is 7.92. The standard InChI is InChI=1S/C20H26N4O3S.H2/c1-3-28(26,27)22-19-8-6-17(7-9-19)20(25)24-13-11-23(12-14-24)16(2)18-5-4-10-21-15-18;/h4-10,15-16,22H,3,11-14H2,1-2H3;1H. The van der Waals surface area contributed by atoms with E-state index in [0.29, 0.717) is 24.3 Å². The number of carbonyl (C=O) groups is 1. The molecule has 2 heterocycles. The van der Waals surface area contributed by atoms with Gasteiger partial charge in [0.25, 0.3) is 5.91 Å². The largest absolute Gasteiger partial charge is 0.336 e. The summed E-state index contributed by atoms with van der Waals surface area (Å²) >= 11 is 0. The summed E-state index contributed by atoms with van der Waals surface area (Å²) in [5, 5.41) is 0. The highest BCUT2D eigenvalue weighted by Crippen LogP contribution is 2.21. The van der Waals surface area contributed by atoms with Gasteiger partial charge in [-0.3, -0.25) is 19.4 Å². The Balaban J connectivity index is 0.00000300. The van der Waals surface area contributed by atoms with Crippen molar-refractivity contribution in [1.29, 1.82) is 0 Å². The van der Waals surface area contributed by atoms with Gasteiger partial charge in [-0.2, -0.15) is 0 Å². The molecule has 2 aromatic rings. The van der Waals surface area contributed by atoms with Gasteiger partial charge in [0.2, 0.25) is 10.0 Å². The summed E-state index contributed by atoms with van der Waals surface area (Å²) in [6.07, 6.45) is 3.65. The van der Waals surface area contributed by atoms with Crippen LogP contribution in [-0.2, 0) is 10.0 Å². The van der Waals surface area contributed by atoms with Crippen molar-refractivity contribution in [2.45, 2.75) is 19.9 Å². The zero-order valence-corrected chi connectivity index (χ0v) is 17.0. The van der Waals surface area contributed by atoms with Crippen molar-refractivity contribution in [2.24, 2.45) is 0 Å². The number of nitrogens with zero attached hydrogens (tertiary/aromatic N) is 3. The molecular weight excluding hydrogens is 376 g/mol. The van der Waals surface area contributed by atoms with Gasteiger partial charge in [0, 0.05) is 57.3 Å².